The Bertz CT molecular complexity index is 771. The molecule has 0 atom stereocenters. The van der Waals surface area contributed by atoms with E-state index in [2.05, 4.69) is 10.3 Å². The van der Waals surface area contributed by atoms with Gasteiger partial charge in [-0.3, -0.25) is 4.79 Å². The summed E-state index contributed by atoms with van der Waals surface area (Å²) < 4.78 is 0. The fourth-order valence-electron chi connectivity index (χ4n) is 3.86. The number of para-hydroxylation sites is 1. The second kappa shape index (κ2) is 6.78. The van der Waals surface area contributed by atoms with Crippen LogP contribution in [0.2, 0.25) is 0 Å². The van der Waals surface area contributed by atoms with Gasteiger partial charge in [0.15, 0.2) is 0 Å². The fourth-order valence-corrected chi connectivity index (χ4v) is 3.86. The van der Waals surface area contributed by atoms with E-state index in [0.717, 1.165) is 49.7 Å². The Morgan fingerprint density at radius 3 is 2.48 bits per heavy atom. The number of nitrogens with one attached hydrogen (secondary N) is 2. The maximum absolute atomic E-state index is 12.6. The summed E-state index contributed by atoms with van der Waals surface area (Å²) in [6.07, 6.45) is 5.70. The van der Waals surface area contributed by atoms with Gasteiger partial charge in [-0.15, -0.1) is 0 Å². The second-order valence-electron chi connectivity index (χ2n) is 6.96. The number of fused-ring (bicyclic) bond motifs is 1. The molecule has 2 saturated heterocycles. The van der Waals surface area contributed by atoms with Crippen LogP contribution in [-0.4, -0.2) is 58.9 Å². The van der Waals surface area contributed by atoms with Crippen LogP contribution in [0.4, 0.5) is 4.79 Å². The minimum atomic E-state index is -0.0441. The molecule has 1 aromatic heterocycles. The second-order valence-corrected chi connectivity index (χ2v) is 6.96. The molecule has 2 aromatic rings. The number of likely N-dealkylation sites (tertiary alicyclic amines) is 2. The number of carbonyl (C=O) groups excluding carboxylic acids is 2. The van der Waals surface area contributed by atoms with Gasteiger partial charge in [0.2, 0.25) is 0 Å². The van der Waals surface area contributed by atoms with Gasteiger partial charge in [0.05, 0.1) is 11.1 Å². The van der Waals surface area contributed by atoms with Gasteiger partial charge < -0.3 is 20.1 Å². The van der Waals surface area contributed by atoms with Crippen molar-refractivity contribution >= 4 is 22.8 Å². The van der Waals surface area contributed by atoms with E-state index >= 15 is 0 Å². The van der Waals surface area contributed by atoms with Crippen LogP contribution in [0.3, 0.4) is 0 Å². The lowest BCUT2D eigenvalue weighted by molar-refractivity contribution is 0.0914. The Morgan fingerprint density at radius 2 is 1.72 bits per heavy atom. The number of aromatic nitrogens is 1. The van der Waals surface area contributed by atoms with Gasteiger partial charge in [0, 0.05) is 43.8 Å². The number of urea groups is 1. The largest absolute Gasteiger partial charge is 0.361 e. The van der Waals surface area contributed by atoms with E-state index in [-0.39, 0.29) is 18.0 Å². The van der Waals surface area contributed by atoms with Gasteiger partial charge in [-0.1, -0.05) is 12.1 Å². The minimum Gasteiger partial charge on any atom is -0.361 e. The summed E-state index contributed by atoms with van der Waals surface area (Å²) in [5.41, 5.74) is 1.56. The van der Waals surface area contributed by atoms with Crippen LogP contribution in [0.15, 0.2) is 30.5 Å². The number of nitrogens with zero attached hydrogens (tertiary/aromatic N) is 2. The summed E-state index contributed by atoms with van der Waals surface area (Å²) in [5.74, 6) is -0.0441. The van der Waals surface area contributed by atoms with Crippen LogP contribution in [0.25, 0.3) is 10.9 Å². The van der Waals surface area contributed by atoms with E-state index in [9.17, 15) is 9.59 Å². The number of carbonyl (C=O) groups is 2. The van der Waals surface area contributed by atoms with Crippen molar-refractivity contribution in [2.75, 3.05) is 26.2 Å². The lowest BCUT2D eigenvalue weighted by atomic mass is 10.0. The van der Waals surface area contributed by atoms with Crippen LogP contribution in [0, 0.1) is 0 Å². The van der Waals surface area contributed by atoms with E-state index in [4.69, 9.17) is 0 Å². The number of benzene rings is 1. The molecule has 2 fully saturated rings. The summed E-state index contributed by atoms with van der Waals surface area (Å²) in [6, 6.07) is 8.00. The smallest absolute Gasteiger partial charge is 0.319 e. The molecule has 3 amide bonds. The Hall–Kier alpha value is -2.50. The first-order valence-electron chi connectivity index (χ1n) is 9.13. The maximum Gasteiger partial charge on any atom is 0.319 e. The predicted octanol–water partition coefficient (Wildman–Crippen LogP) is 2.58. The average Bonchev–Trinajstić information content (AvgIpc) is 3.33. The molecule has 1 aromatic carbocycles. The molecule has 2 aliphatic rings. The molecule has 0 radical (unpaired) electrons. The Kier molecular flexibility index (Phi) is 4.34. The molecule has 132 valence electrons. The SMILES string of the molecule is O=C(NC1CCN(C(=O)N2CCCC2)CC1)c1cccc2cc[nH]c12. The Balaban J connectivity index is 1.34. The highest BCUT2D eigenvalue weighted by Gasteiger charge is 2.28. The number of hydrogen-bond donors (Lipinski definition) is 2. The van der Waals surface area contributed by atoms with Gasteiger partial charge in [0.1, 0.15) is 0 Å². The average molecular weight is 340 g/mol. The molecule has 0 bridgehead atoms. The molecule has 6 heteroatoms. The minimum absolute atomic E-state index is 0.0441. The molecule has 0 aliphatic carbocycles. The van der Waals surface area contributed by atoms with Crippen molar-refractivity contribution in [3.05, 3.63) is 36.0 Å². The van der Waals surface area contributed by atoms with Crippen molar-refractivity contribution in [1.82, 2.24) is 20.1 Å². The highest BCUT2D eigenvalue weighted by molar-refractivity contribution is 6.05. The van der Waals surface area contributed by atoms with E-state index in [1.807, 2.05) is 40.3 Å². The zero-order valence-electron chi connectivity index (χ0n) is 14.3. The maximum atomic E-state index is 12.6. The van der Waals surface area contributed by atoms with Crippen molar-refractivity contribution in [2.45, 2.75) is 31.7 Å². The lowest BCUT2D eigenvalue weighted by Crippen LogP contribution is -2.50. The molecule has 4 rings (SSSR count). The first kappa shape index (κ1) is 16.0. The van der Waals surface area contributed by atoms with Crippen LogP contribution in [0.1, 0.15) is 36.0 Å². The number of hydrogen-bond acceptors (Lipinski definition) is 2. The highest BCUT2D eigenvalue weighted by Crippen LogP contribution is 2.19. The molecular formula is C19H24N4O2. The third kappa shape index (κ3) is 3.21. The molecule has 3 heterocycles. The predicted molar refractivity (Wildman–Crippen MR) is 96.6 cm³/mol. The van der Waals surface area contributed by atoms with Gasteiger partial charge in [-0.2, -0.15) is 0 Å². The van der Waals surface area contributed by atoms with Crippen molar-refractivity contribution in [1.29, 1.82) is 0 Å². The van der Waals surface area contributed by atoms with E-state index in [1.165, 1.54) is 0 Å². The summed E-state index contributed by atoms with van der Waals surface area (Å²) in [5, 5.41) is 4.18. The van der Waals surface area contributed by atoms with Gasteiger partial charge >= 0.3 is 6.03 Å². The zero-order chi connectivity index (χ0) is 17.2. The molecule has 25 heavy (non-hydrogen) atoms. The van der Waals surface area contributed by atoms with Gasteiger partial charge in [-0.25, -0.2) is 4.79 Å². The van der Waals surface area contributed by atoms with E-state index < -0.39 is 0 Å². The number of amides is 3. The zero-order valence-corrected chi connectivity index (χ0v) is 14.3. The van der Waals surface area contributed by atoms with E-state index in [0.29, 0.717) is 18.7 Å². The van der Waals surface area contributed by atoms with Crippen molar-refractivity contribution < 1.29 is 9.59 Å². The highest BCUT2D eigenvalue weighted by atomic mass is 16.2. The summed E-state index contributed by atoms with van der Waals surface area (Å²) in [7, 11) is 0. The standard InChI is InChI=1S/C19H24N4O2/c24-18(16-5-3-4-14-6-9-20-17(14)16)21-15-7-12-23(13-8-15)19(25)22-10-1-2-11-22/h3-6,9,15,20H,1-2,7-8,10-13H2,(H,21,24). The summed E-state index contributed by atoms with van der Waals surface area (Å²) in [6.45, 7) is 3.20. The fraction of sp³-hybridized carbons (Fsp3) is 0.474. The quantitative estimate of drug-likeness (QED) is 0.882. The lowest BCUT2D eigenvalue weighted by Gasteiger charge is -2.34. The third-order valence-corrected chi connectivity index (χ3v) is 5.31. The molecule has 0 saturated carbocycles. The Morgan fingerprint density at radius 1 is 1.00 bits per heavy atom. The first-order chi connectivity index (χ1) is 12.2. The Labute approximate surface area is 147 Å². The van der Waals surface area contributed by atoms with Crippen LogP contribution >= 0.6 is 0 Å². The van der Waals surface area contributed by atoms with Gasteiger partial charge in [-0.05, 0) is 37.8 Å². The molecule has 6 nitrogen and oxygen atoms in total. The van der Waals surface area contributed by atoms with Gasteiger partial charge in [0.25, 0.3) is 5.91 Å². The van der Waals surface area contributed by atoms with Crippen LogP contribution in [-0.2, 0) is 0 Å². The monoisotopic (exact) mass is 340 g/mol. The van der Waals surface area contributed by atoms with Crippen LogP contribution < -0.4 is 5.32 Å². The van der Waals surface area contributed by atoms with Crippen molar-refractivity contribution in [3.63, 3.8) is 0 Å². The summed E-state index contributed by atoms with van der Waals surface area (Å²) in [4.78, 5) is 32.1. The van der Waals surface area contributed by atoms with Crippen molar-refractivity contribution in [2.24, 2.45) is 0 Å². The molecule has 0 spiro atoms. The van der Waals surface area contributed by atoms with E-state index in [1.54, 1.807) is 0 Å². The van der Waals surface area contributed by atoms with Crippen LogP contribution in [0.5, 0.6) is 0 Å². The number of piperidine rings is 1. The number of aromatic amines is 1. The third-order valence-electron chi connectivity index (χ3n) is 5.31. The normalized spacial score (nSPS) is 18.7. The number of rotatable bonds is 2. The topological polar surface area (TPSA) is 68.4 Å². The molecular weight excluding hydrogens is 316 g/mol. The molecule has 0 unspecified atom stereocenters. The van der Waals surface area contributed by atoms with Crippen molar-refractivity contribution in [3.8, 4) is 0 Å². The molecule has 2 N–H and O–H groups in total. The molecule has 2 aliphatic heterocycles. The summed E-state index contributed by atoms with van der Waals surface area (Å²) >= 11 is 0. The number of H-pyrrole nitrogens is 1. The first-order valence-corrected chi connectivity index (χ1v) is 9.13.